The first-order chi connectivity index (χ1) is 8.96. The minimum absolute atomic E-state index is 0.255. The first-order valence-electron chi connectivity index (χ1n) is 6.51. The highest BCUT2D eigenvalue weighted by molar-refractivity contribution is 6.31. The number of hydrogen-bond donors (Lipinski definition) is 3. The van der Waals surface area contributed by atoms with Gasteiger partial charge in [0.15, 0.2) is 0 Å². The first kappa shape index (κ1) is 15.8. The number of carbonyl (C=O) groups excluding carboxylic acids is 1. The van der Waals surface area contributed by atoms with E-state index in [1.807, 2.05) is 32.9 Å². The standard InChI is InChI=1S/C14H22ClN3O/c1-4-14(5-2,9-16)18-13(19)17-11-7-6-10(3)12(15)8-11/h6-8H,4-5,9,16H2,1-3H3,(H2,17,18,19). The number of anilines is 1. The molecule has 4 N–H and O–H groups in total. The van der Waals surface area contributed by atoms with Crippen molar-refractivity contribution in [1.82, 2.24) is 5.32 Å². The van der Waals surface area contributed by atoms with Crippen LogP contribution >= 0.6 is 11.6 Å². The summed E-state index contributed by atoms with van der Waals surface area (Å²) in [4.78, 5) is 12.0. The van der Waals surface area contributed by atoms with Crippen molar-refractivity contribution < 1.29 is 4.79 Å². The number of urea groups is 1. The van der Waals surface area contributed by atoms with Gasteiger partial charge in [0.05, 0.1) is 5.54 Å². The number of carbonyl (C=O) groups is 1. The van der Waals surface area contributed by atoms with Gasteiger partial charge in [-0.1, -0.05) is 31.5 Å². The largest absolute Gasteiger partial charge is 0.331 e. The quantitative estimate of drug-likeness (QED) is 0.776. The lowest BCUT2D eigenvalue weighted by atomic mass is 9.93. The molecule has 0 aliphatic rings. The van der Waals surface area contributed by atoms with Gasteiger partial charge in [-0.3, -0.25) is 0 Å². The van der Waals surface area contributed by atoms with Crippen LogP contribution in [0.2, 0.25) is 5.02 Å². The normalized spacial score (nSPS) is 11.2. The fourth-order valence-electron chi connectivity index (χ4n) is 1.84. The predicted octanol–water partition coefficient (Wildman–Crippen LogP) is 3.29. The van der Waals surface area contributed by atoms with Gasteiger partial charge in [0.2, 0.25) is 0 Å². The number of benzene rings is 1. The fourth-order valence-corrected chi connectivity index (χ4v) is 2.02. The highest BCUT2D eigenvalue weighted by atomic mass is 35.5. The van der Waals surface area contributed by atoms with Crippen LogP contribution in [-0.2, 0) is 0 Å². The molecule has 0 radical (unpaired) electrons. The van der Waals surface area contributed by atoms with Gasteiger partial charge in [-0.15, -0.1) is 0 Å². The Balaban J connectivity index is 2.71. The molecule has 1 aromatic rings. The predicted molar refractivity (Wildman–Crippen MR) is 80.7 cm³/mol. The van der Waals surface area contributed by atoms with Crippen LogP contribution in [0.25, 0.3) is 0 Å². The van der Waals surface area contributed by atoms with Gasteiger partial charge < -0.3 is 16.4 Å². The van der Waals surface area contributed by atoms with Gasteiger partial charge in [-0.05, 0) is 37.5 Å². The number of rotatable bonds is 5. The second-order valence-corrected chi connectivity index (χ2v) is 5.14. The van der Waals surface area contributed by atoms with Gasteiger partial charge in [-0.2, -0.15) is 0 Å². The Labute approximate surface area is 119 Å². The van der Waals surface area contributed by atoms with Gasteiger partial charge in [-0.25, -0.2) is 4.79 Å². The van der Waals surface area contributed by atoms with Crippen LogP contribution < -0.4 is 16.4 Å². The Bertz CT molecular complexity index is 436. The van der Waals surface area contributed by atoms with Crippen LogP contribution in [0.5, 0.6) is 0 Å². The van der Waals surface area contributed by atoms with E-state index in [4.69, 9.17) is 17.3 Å². The minimum atomic E-state index is -0.349. The molecule has 106 valence electrons. The van der Waals surface area contributed by atoms with Crippen LogP contribution in [0.4, 0.5) is 10.5 Å². The highest BCUT2D eigenvalue weighted by Crippen LogP contribution is 2.20. The molecule has 2 amide bonds. The first-order valence-corrected chi connectivity index (χ1v) is 6.89. The highest BCUT2D eigenvalue weighted by Gasteiger charge is 2.26. The average Bonchev–Trinajstić information content (AvgIpc) is 2.40. The fraction of sp³-hybridized carbons (Fsp3) is 0.500. The lowest BCUT2D eigenvalue weighted by Crippen LogP contribution is -2.54. The van der Waals surface area contributed by atoms with Crippen molar-refractivity contribution >= 4 is 23.3 Å². The van der Waals surface area contributed by atoms with Crippen LogP contribution in [0.1, 0.15) is 32.3 Å². The summed E-state index contributed by atoms with van der Waals surface area (Å²) in [6.07, 6.45) is 1.59. The minimum Gasteiger partial charge on any atom is -0.331 e. The smallest absolute Gasteiger partial charge is 0.319 e. The van der Waals surface area contributed by atoms with Crippen LogP contribution in [0.15, 0.2) is 18.2 Å². The molecule has 0 aromatic heterocycles. The molecule has 0 aliphatic carbocycles. The number of nitrogens with one attached hydrogen (secondary N) is 2. The lowest BCUT2D eigenvalue weighted by Gasteiger charge is -2.31. The van der Waals surface area contributed by atoms with E-state index in [-0.39, 0.29) is 11.6 Å². The molecule has 0 atom stereocenters. The number of hydrogen-bond acceptors (Lipinski definition) is 2. The third kappa shape index (κ3) is 4.11. The second-order valence-electron chi connectivity index (χ2n) is 4.73. The summed E-state index contributed by atoms with van der Waals surface area (Å²) in [5.41, 5.74) is 7.05. The Morgan fingerprint density at radius 1 is 1.37 bits per heavy atom. The monoisotopic (exact) mass is 283 g/mol. The molecule has 1 aromatic carbocycles. The number of nitrogens with two attached hydrogens (primary N) is 1. The van der Waals surface area contributed by atoms with Gasteiger partial charge in [0.1, 0.15) is 0 Å². The molecule has 0 fully saturated rings. The zero-order chi connectivity index (χ0) is 14.5. The molecule has 0 bridgehead atoms. The van der Waals surface area contributed by atoms with Crippen LogP contribution in [-0.4, -0.2) is 18.1 Å². The van der Waals surface area contributed by atoms with Crippen molar-refractivity contribution in [2.24, 2.45) is 5.73 Å². The maximum atomic E-state index is 12.0. The van der Waals surface area contributed by atoms with Crippen molar-refractivity contribution in [3.63, 3.8) is 0 Å². The zero-order valence-electron chi connectivity index (χ0n) is 11.7. The Morgan fingerprint density at radius 3 is 2.47 bits per heavy atom. The maximum absolute atomic E-state index is 12.0. The molecule has 0 spiro atoms. The molecule has 0 saturated carbocycles. The average molecular weight is 284 g/mol. The Kier molecular flexibility index (Phi) is 5.63. The zero-order valence-corrected chi connectivity index (χ0v) is 12.5. The van der Waals surface area contributed by atoms with Crippen molar-refractivity contribution in [2.45, 2.75) is 39.2 Å². The van der Waals surface area contributed by atoms with Crippen molar-refractivity contribution in [1.29, 1.82) is 0 Å². The molecule has 1 rings (SSSR count). The van der Waals surface area contributed by atoms with Gasteiger partial charge >= 0.3 is 6.03 Å². The molecule has 0 heterocycles. The van der Waals surface area contributed by atoms with E-state index in [2.05, 4.69) is 10.6 Å². The summed E-state index contributed by atoms with van der Waals surface area (Å²) in [5.74, 6) is 0. The molecular weight excluding hydrogens is 262 g/mol. The third-order valence-corrected chi connectivity index (χ3v) is 3.96. The van der Waals surface area contributed by atoms with E-state index in [1.165, 1.54) is 0 Å². The second kappa shape index (κ2) is 6.78. The van der Waals surface area contributed by atoms with Crippen LogP contribution in [0.3, 0.4) is 0 Å². The van der Waals surface area contributed by atoms with E-state index in [1.54, 1.807) is 6.07 Å². The van der Waals surface area contributed by atoms with Gasteiger partial charge in [0.25, 0.3) is 0 Å². The summed E-state index contributed by atoms with van der Waals surface area (Å²) < 4.78 is 0. The molecule has 0 saturated heterocycles. The molecule has 0 unspecified atom stereocenters. The maximum Gasteiger partial charge on any atom is 0.319 e. The van der Waals surface area contributed by atoms with Crippen molar-refractivity contribution in [3.05, 3.63) is 28.8 Å². The summed E-state index contributed by atoms with van der Waals surface area (Å²) >= 11 is 6.02. The number of aryl methyl sites for hydroxylation is 1. The topological polar surface area (TPSA) is 67.1 Å². The van der Waals surface area contributed by atoms with E-state index in [0.29, 0.717) is 17.3 Å². The molecule has 5 heteroatoms. The van der Waals surface area contributed by atoms with E-state index in [0.717, 1.165) is 18.4 Å². The molecule has 0 aliphatic heterocycles. The third-order valence-electron chi connectivity index (χ3n) is 3.55. The Hall–Kier alpha value is -1.26. The van der Waals surface area contributed by atoms with Crippen molar-refractivity contribution in [2.75, 3.05) is 11.9 Å². The van der Waals surface area contributed by atoms with Crippen LogP contribution in [0, 0.1) is 6.92 Å². The summed E-state index contributed by atoms with van der Waals surface area (Å²) in [6, 6.07) is 5.17. The summed E-state index contributed by atoms with van der Waals surface area (Å²) in [6.45, 7) is 6.36. The van der Waals surface area contributed by atoms with E-state index < -0.39 is 0 Å². The molecule has 19 heavy (non-hydrogen) atoms. The van der Waals surface area contributed by atoms with E-state index >= 15 is 0 Å². The summed E-state index contributed by atoms with van der Waals surface area (Å²) in [5, 5.41) is 6.36. The lowest BCUT2D eigenvalue weighted by molar-refractivity contribution is 0.233. The SMILES string of the molecule is CCC(CC)(CN)NC(=O)Nc1ccc(C)c(Cl)c1. The van der Waals surface area contributed by atoms with Crippen molar-refractivity contribution in [3.8, 4) is 0 Å². The molecule has 4 nitrogen and oxygen atoms in total. The number of amides is 2. The Morgan fingerprint density at radius 2 is 2.00 bits per heavy atom. The summed E-state index contributed by atoms with van der Waals surface area (Å²) in [7, 11) is 0. The van der Waals surface area contributed by atoms with E-state index in [9.17, 15) is 4.79 Å². The number of halogens is 1. The molecular formula is C14H22ClN3O. The van der Waals surface area contributed by atoms with Gasteiger partial charge in [0, 0.05) is 17.3 Å².